The zero-order chi connectivity index (χ0) is 37.1. The van der Waals surface area contributed by atoms with Gasteiger partial charge in [0, 0.05) is 39.1 Å². The Hall–Kier alpha value is -1.10. The molecule has 0 spiro atoms. The first kappa shape index (κ1) is 49.9. The quantitative estimate of drug-likeness (QED) is 0.0616. The first-order valence-electron chi connectivity index (χ1n) is 23.3. The predicted molar refractivity (Wildman–Crippen MR) is 223 cm³/mol. The highest BCUT2D eigenvalue weighted by molar-refractivity contribution is 5.83. The van der Waals surface area contributed by atoms with Crippen molar-refractivity contribution in [3.63, 3.8) is 0 Å². The molecule has 304 valence electrons. The van der Waals surface area contributed by atoms with Crippen molar-refractivity contribution in [3.05, 3.63) is 0 Å². The number of carbonyl (C=O) groups is 2. The molecule has 2 N–H and O–H groups in total. The summed E-state index contributed by atoms with van der Waals surface area (Å²) in [7, 11) is 0. The Bertz CT molecular complexity index is 664. The van der Waals surface area contributed by atoms with Gasteiger partial charge in [0.25, 0.3) is 0 Å². The second-order valence-electron chi connectivity index (χ2n) is 16.0. The predicted octanol–water partition coefficient (Wildman–Crippen LogP) is 13.8. The normalized spacial score (nSPS) is 11.4. The average Bonchev–Trinajstić information content (AvgIpc) is 3.14. The number of carbonyl (C=O) groups excluding carboxylic acids is 2. The highest BCUT2D eigenvalue weighted by atomic mass is 16.3. The summed E-state index contributed by atoms with van der Waals surface area (Å²) < 4.78 is 0. The molecule has 0 heterocycles. The summed E-state index contributed by atoms with van der Waals surface area (Å²) in [5, 5.41) is 11.9. The van der Waals surface area contributed by atoms with Crippen LogP contribution in [0.15, 0.2) is 0 Å². The van der Waals surface area contributed by atoms with Crippen LogP contribution in [-0.4, -0.2) is 48.1 Å². The topological polar surface area (TPSA) is 69.6 Å². The van der Waals surface area contributed by atoms with E-state index in [1.807, 2.05) is 0 Å². The lowest BCUT2D eigenvalue weighted by molar-refractivity contribution is -0.133. The van der Waals surface area contributed by atoms with Crippen molar-refractivity contribution in [1.29, 1.82) is 0 Å². The fourth-order valence-electron chi connectivity index (χ4n) is 7.35. The zero-order valence-electron chi connectivity index (χ0n) is 34.9. The Kier molecular flexibility index (Phi) is 42.4. The zero-order valence-corrected chi connectivity index (χ0v) is 34.9. The van der Waals surface area contributed by atoms with E-state index in [0.717, 1.165) is 51.6 Å². The van der Waals surface area contributed by atoms with Gasteiger partial charge in [0.05, 0.1) is 0 Å². The smallest absolute Gasteiger partial charge is 0.223 e. The van der Waals surface area contributed by atoms with Crippen LogP contribution in [0.5, 0.6) is 0 Å². The molecule has 2 amide bonds. The molecule has 0 atom stereocenters. The summed E-state index contributed by atoms with van der Waals surface area (Å²) in [6.45, 7) is 7.19. The van der Waals surface area contributed by atoms with Crippen LogP contribution in [-0.2, 0) is 9.59 Å². The second kappa shape index (κ2) is 43.3. The van der Waals surface area contributed by atoms with Gasteiger partial charge in [-0.05, 0) is 25.7 Å². The summed E-state index contributed by atoms with van der Waals surface area (Å²) in [4.78, 5) is 27.7. The molecule has 0 radical (unpaired) electrons. The van der Waals surface area contributed by atoms with E-state index >= 15 is 0 Å². The Morgan fingerprint density at radius 3 is 1.02 bits per heavy atom. The van der Waals surface area contributed by atoms with Crippen molar-refractivity contribution in [3.8, 4) is 0 Å². The van der Waals surface area contributed by atoms with Gasteiger partial charge in [0.15, 0.2) is 0 Å². The highest BCUT2D eigenvalue weighted by Crippen LogP contribution is 2.16. The van der Waals surface area contributed by atoms with Gasteiger partial charge < -0.3 is 15.3 Å². The highest BCUT2D eigenvalue weighted by Gasteiger charge is 2.15. The Morgan fingerprint density at radius 2 is 0.686 bits per heavy atom. The van der Waals surface area contributed by atoms with E-state index in [-0.39, 0.29) is 18.4 Å². The lowest BCUT2D eigenvalue weighted by atomic mass is 10.0. The molecule has 5 nitrogen and oxygen atoms in total. The van der Waals surface area contributed by atoms with E-state index in [9.17, 15) is 9.59 Å². The fraction of sp³-hybridized carbons (Fsp3) is 0.957. The molecule has 0 aliphatic heterocycles. The standard InChI is InChI=1S/C46H92N2O3/c1-3-5-7-9-11-13-15-17-19-21-23-25-27-29-32-36-42-48(46(51)40-39-45(50)47-41-35-31-34-38-44-49)43-37-33-30-28-26-24-22-20-18-16-14-12-10-8-6-4-2/h49H,3-44H2,1-2H3,(H,47,50). The van der Waals surface area contributed by atoms with Gasteiger partial charge in [0.1, 0.15) is 0 Å². The van der Waals surface area contributed by atoms with Crippen LogP contribution in [0.2, 0.25) is 0 Å². The average molecular weight is 721 g/mol. The number of hydrogen-bond acceptors (Lipinski definition) is 3. The number of aliphatic hydroxyl groups is 1. The molecule has 0 saturated carbocycles. The maximum atomic E-state index is 13.2. The minimum atomic E-state index is -0.00437. The molecule has 0 rings (SSSR count). The maximum absolute atomic E-state index is 13.2. The van der Waals surface area contributed by atoms with E-state index in [4.69, 9.17) is 5.11 Å². The van der Waals surface area contributed by atoms with Crippen molar-refractivity contribution in [2.45, 2.75) is 258 Å². The van der Waals surface area contributed by atoms with Crippen molar-refractivity contribution in [1.82, 2.24) is 10.2 Å². The molecule has 0 unspecified atom stereocenters. The number of nitrogens with one attached hydrogen (secondary N) is 1. The third-order valence-corrected chi connectivity index (χ3v) is 10.9. The largest absolute Gasteiger partial charge is 0.396 e. The van der Waals surface area contributed by atoms with Gasteiger partial charge in [-0.1, -0.05) is 219 Å². The molecule has 0 fully saturated rings. The summed E-state index contributed by atoms with van der Waals surface area (Å²) in [5.74, 6) is 0.158. The van der Waals surface area contributed by atoms with E-state index in [1.54, 1.807) is 0 Å². The Labute approximate surface area is 320 Å². The van der Waals surface area contributed by atoms with Crippen molar-refractivity contribution in [2.24, 2.45) is 0 Å². The molecule has 5 heteroatoms. The molecule has 0 saturated heterocycles. The number of aliphatic hydroxyl groups excluding tert-OH is 1. The monoisotopic (exact) mass is 721 g/mol. The second-order valence-corrected chi connectivity index (χ2v) is 16.0. The van der Waals surface area contributed by atoms with Crippen molar-refractivity contribution in [2.75, 3.05) is 26.2 Å². The minimum Gasteiger partial charge on any atom is -0.396 e. The minimum absolute atomic E-state index is 0.00437. The lowest BCUT2D eigenvalue weighted by Crippen LogP contribution is -2.34. The van der Waals surface area contributed by atoms with E-state index < -0.39 is 0 Å². The molecular formula is C46H92N2O3. The SMILES string of the molecule is CCCCCCCCCCCCCCCCCCN(CCCCCCCCCCCCCCCCCC)C(=O)CCC(=O)NCCCCCCO. The van der Waals surface area contributed by atoms with E-state index in [0.29, 0.717) is 19.4 Å². The van der Waals surface area contributed by atoms with Gasteiger partial charge in [-0.2, -0.15) is 0 Å². The molecular weight excluding hydrogens is 629 g/mol. The first-order chi connectivity index (χ1) is 25.2. The van der Waals surface area contributed by atoms with E-state index in [1.165, 1.54) is 193 Å². The lowest BCUT2D eigenvalue weighted by Gasteiger charge is -2.23. The number of rotatable bonds is 43. The summed E-state index contributed by atoms with van der Waals surface area (Å²) >= 11 is 0. The summed E-state index contributed by atoms with van der Waals surface area (Å²) in [5.41, 5.74) is 0. The molecule has 0 aromatic rings. The molecule has 0 aliphatic carbocycles. The number of nitrogens with zero attached hydrogens (tertiary/aromatic N) is 1. The first-order valence-corrected chi connectivity index (χ1v) is 23.3. The summed E-state index contributed by atoms with van der Waals surface area (Å²) in [6.07, 6.45) is 47.9. The molecule has 0 aliphatic rings. The Morgan fingerprint density at radius 1 is 0.392 bits per heavy atom. The number of unbranched alkanes of at least 4 members (excludes halogenated alkanes) is 33. The van der Waals surface area contributed by atoms with Crippen LogP contribution in [0.25, 0.3) is 0 Å². The van der Waals surface area contributed by atoms with Gasteiger partial charge in [-0.15, -0.1) is 0 Å². The van der Waals surface area contributed by atoms with Gasteiger partial charge in [-0.3, -0.25) is 9.59 Å². The van der Waals surface area contributed by atoms with E-state index in [2.05, 4.69) is 24.1 Å². The van der Waals surface area contributed by atoms with Crippen LogP contribution in [0.4, 0.5) is 0 Å². The van der Waals surface area contributed by atoms with Gasteiger partial charge in [-0.25, -0.2) is 0 Å². The third kappa shape index (κ3) is 39.9. The maximum Gasteiger partial charge on any atom is 0.223 e. The van der Waals surface area contributed by atoms with Gasteiger partial charge >= 0.3 is 0 Å². The van der Waals surface area contributed by atoms with Crippen LogP contribution in [0, 0.1) is 0 Å². The van der Waals surface area contributed by atoms with Crippen LogP contribution >= 0.6 is 0 Å². The molecule has 0 bridgehead atoms. The number of amides is 2. The van der Waals surface area contributed by atoms with Gasteiger partial charge in [0.2, 0.25) is 11.8 Å². The summed E-state index contributed by atoms with van der Waals surface area (Å²) in [6, 6.07) is 0. The van der Waals surface area contributed by atoms with Crippen LogP contribution in [0.3, 0.4) is 0 Å². The van der Waals surface area contributed by atoms with Crippen molar-refractivity contribution >= 4 is 11.8 Å². The fourth-order valence-corrected chi connectivity index (χ4v) is 7.35. The van der Waals surface area contributed by atoms with Crippen LogP contribution < -0.4 is 5.32 Å². The van der Waals surface area contributed by atoms with Crippen LogP contribution in [0.1, 0.15) is 258 Å². The Balaban J connectivity index is 4.12. The third-order valence-electron chi connectivity index (χ3n) is 10.9. The molecule has 0 aromatic carbocycles. The molecule has 0 aromatic heterocycles. The number of hydrogen-bond donors (Lipinski definition) is 2. The van der Waals surface area contributed by atoms with Crippen molar-refractivity contribution < 1.29 is 14.7 Å². The molecule has 51 heavy (non-hydrogen) atoms.